The molecule has 0 aliphatic rings. The Hall–Kier alpha value is -1.31. The van der Waals surface area contributed by atoms with Crippen molar-refractivity contribution in [2.75, 3.05) is 0 Å². The third-order valence-corrected chi connectivity index (χ3v) is 1.19. The Bertz CT molecular complexity index is 255. The zero-order valence-electron chi connectivity index (χ0n) is 5.42. The Balaban J connectivity index is 3.07. The van der Waals surface area contributed by atoms with Crippen LogP contribution in [0.25, 0.3) is 0 Å². The van der Waals surface area contributed by atoms with Crippen LogP contribution >= 0.6 is 0 Å². The van der Waals surface area contributed by atoms with Crippen LogP contribution in [0.3, 0.4) is 0 Å². The Kier molecular flexibility index (Phi) is 1.71. The first kappa shape index (κ1) is 6.81. The lowest BCUT2D eigenvalue weighted by atomic mass is 10.1. The van der Waals surface area contributed by atoms with Gasteiger partial charge in [0.2, 0.25) is 0 Å². The molecule has 1 N–H and O–H groups in total. The van der Waals surface area contributed by atoms with Crippen molar-refractivity contribution >= 4 is 5.91 Å². The summed E-state index contributed by atoms with van der Waals surface area (Å²) < 4.78 is 0. The van der Waals surface area contributed by atoms with Crippen LogP contribution < -0.4 is 5.73 Å². The maximum absolute atomic E-state index is 10.4. The van der Waals surface area contributed by atoms with E-state index in [2.05, 4.69) is 6.92 Å². The Morgan fingerprint density at radius 2 is 2.20 bits per heavy atom. The number of hydrogen-bond acceptors (Lipinski definition) is 1. The molecule has 0 aromatic heterocycles. The molecule has 2 radical (unpaired) electrons. The molecule has 2 heteroatoms. The standard InChI is InChI=1S/C8H7NO/c1-6-3-2-4-7(5-6)8(9)10/h2-5,9H,1H2. The molecule has 0 unspecified atom stereocenters. The number of carbonyl (C=O) groups is 1. The van der Waals surface area contributed by atoms with Gasteiger partial charge in [-0.3, -0.25) is 10.5 Å². The summed E-state index contributed by atoms with van der Waals surface area (Å²) in [4.78, 5) is 10.4. The van der Waals surface area contributed by atoms with E-state index in [9.17, 15) is 4.79 Å². The van der Waals surface area contributed by atoms with Crippen molar-refractivity contribution < 1.29 is 4.79 Å². The molecule has 1 rings (SSSR count). The highest BCUT2D eigenvalue weighted by atomic mass is 16.1. The van der Waals surface area contributed by atoms with Gasteiger partial charge in [0.05, 0.1) is 0 Å². The third-order valence-electron chi connectivity index (χ3n) is 1.19. The average molecular weight is 133 g/mol. The van der Waals surface area contributed by atoms with Gasteiger partial charge in [0.25, 0.3) is 5.91 Å². The van der Waals surface area contributed by atoms with Crippen LogP contribution in [0.15, 0.2) is 24.3 Å². The second kappa shape index (κ2) is 2.52. The van der Waals surface area contributed by atoms with E-state index >= 15 is 0 Å². The maximum Gasteiger partial charge on any atom is 0.269 e. The molecule has 10 heavy (non-hydrogen) atoms. The fourth-order valence-corrected chi connectivity index (χ4v) is 0.713. The molecule has 0 aliphatic carbocycles. The van der Waals surface area contributed by atoms with Gasteiger partial charge >= 0.3 is 0 Å². The molecule has 2 nitrogen and oxygen atoms in total. The van der Waals surface area contributed by atoms with Crippen LogP contribution in [-0.2, 0) is 0 Å². The SMILES string of the molecule is [CH2]c1cccc(C([NH])=O)c1. The first-order valence-corrected chi connectivity index (χ1v) is 2.88. The summed E-state index contributed by atoms with van der Waals surface area (Å²) in [5.74, 6) is -0.662. The highest BCUT2D eigenvalue weighted by Crippen LogP contribution is 2.02. The van der Waals surface area contributed by atoms with E-state index in [4.69, 9.17) is 5.73 Å². The number of amides is 1. The molecule has 1 amide bonds. The molecular formula is C8H7NO. The van der Waals surface area contributed by atoms with Crippen molar-refractivity contribution in [3.8, 4) is 0 Å². The van der Waals surface area contributed by atoms with Gasteiger partial charge in [-0.1, -0.05) is 12.1 Å². The lowest BCUT2D eigenvalue weighted by molar-refractivity contribution is 0.0992. The fraction of sp³-hybridized carbons (Fsp3) is 0. The number of nitrogens with one attached hydrogen (secondary N) is 1. The number of hydrogen-bond donors (Lipinski definition) is 0. The predicted octanol–water partition coefficient (Wildman–Crippen LogP) is 1.29. The molecule has 0 fully saturated rings. The second-order valence-corrected chi connectivity index (χ2v) is 2.03. The first-order chi connectivity index (χ1) is 4.70. The van der Waals surface area contributed by atoms with Crippen LogP contribution in [-0.4, -0.2) is 5.91 Å². The minimum Gasteiger partial charge on any atom is -0.267 e. The monoisotopic (exact) mass is 133 g/mol. The molecule has 1 aromatic carbocycles. The van der Waals surface area contributed by atoms with Crippen LogP contribution in [0.4, 0.5) is 0 Å². The van der Waals surface area contributed by atoms with Crippen molar-refractivity contribution in [3.05, 3.63) is 42.3 Å². The van der Waals surface area contributed by atoms with E-state index in [-0.39, 0.29) is 0 Å². The summed E-state index contributed by atoms with van der Waals surface area (Å²) in [5.41, 5.74) is 7.91. The third kappa shape index (κ3) is 1.35. The maximum atomic E-state index is 10.4. The van der Waals surface area contributed by atoms with Crippen molar-refractivity contribution in [1.82, 2.24) is 5.73 Å². The van der Waals surface area contributed by atoms with Gasteiger partial charge in [-0.15, -0.1) is 0 Å². The lowest BCUT2D eigenvalue weighted by Crippen LogP contribution is -1.97. The zero-order valence-corrected chi connectivity index (χ0v) is 5.42. The summed E-state index contributed by atoms with van der Waals surface area (Å²) in [6.07, 6.45) is 0. The van der Waals surface area contributed by atoms with E-state index in [0.29, 0.717) is 5.56 Å². The van der Waals surface area contributed by atoms with E-state index in [1.54, 1.807) is 24.3 Å². The molecule has 0 saturated carbocycles. The van der Waals surface area contributed by atoms with Gasteiger partial charge in [0.1, 0.15) is 0 Å². The Morgan fingerprint density at radius 1 is 1.50 bits per heavy atom. The van der Waals surface area contributed by atoms with E-state index in [0.717, 1.165) is 5.56 Å². The van der Waals surface area contributed by atoms with E-state index in [1.807, 2.05) is 0 Å². The molecule has 0 atom stereocenters. The van der Waals surface area contributed by atoms with Crippen molar-refractivity contribution in [2.45, 2.75) is 0 Å². The average Bonchev–Trinajstić information content (AvgIpc) is 1.88. The smallest absolute Gasteiger partial charge is 0.267 e. The van der Waals surface area contributed by atoms with Crippen molar-refractivity contribution in [1.29, 1.82) is 0 Å². The highest BCUT2D eigenvalue weighted by molar-refractivity contribution is 5.92. The number of rotatable bonds is 1. The van der Waals surface area contributed by atoms with Gasteiger partial charge in [0.15, 0.2) is 0 Å². The molecular weight excluding hydrogens is 126 g/mol. The highest BCUT2D eigenvalue weighted by Gasteiger charge is 1.97. The quantitative estimate of drug-likeness (QED) is 0.569. The van der Waals surface area contributed by atoms with E-state index < -0.39 is 5.91 Å². The predicted molar refractivity (Wildman–Crippen MR) is 38.3 cm³/mol. The molecule has 0 aliphatic heterocycles. The number of benzene rings is 1. The van der Waals surface area contributed by atoms with Crippen LogP contribution in [0.2, 0.25) is 0 Å². The Morgan fingerprint density at radius 3 is 2.60 bits per heavy atom. The van der Waals surface area contributed by atoms with Crippen LogP contribution in [0.1, 0.15) is 15.9 Å². The molecule has 0 saturated heterocycles. The molecule has 0 bridgehead atoms. The van der Waals surface area contributed by atoms with Gasteiger partial charge in [-0.05, 0) is 24.6 Å². The Labute approximate surface area is 59.7 Å². The summed E-state index contributed by atoms with van der Waals surface area (Å²) in [7, 11) is 0. The summed E-state index contributed by atoms with van der Waals surface area (Å²) >= 11 is 0. The number of carbonyl (C=O) groups excluding carboxylic acids is 1. The molecule has 1 aromatic rings. The van der Waals surface area contributed by atoms with Gasteiger partial charge in [-0.2, -0.15) is 0 Å². The fourth-order valence-electron chi connectivity index (χ4n) is 0.713. The molecule has 0 spiro atoms. The first-order valence-electron chi connectivity index (χ1n) is 2.88. The minimum absolute atomic E-state index is 0.396. The second-order valence-electron chi connectivity index (χ2n) is 2.03. The van der Waals surface area contributed by atoms with Gasteiger partial charge in [-0.25, -0.2) is 0 Å². The largest absolute Gasteiger partial charge is 0.269 e. The van der Waals surface area contributed by atoms with Crippen molar-refractivity contribution in [3.63, 3.8) is 0 Å². The molecule has 0 heterocycles. The normalized spacial score (nSPS) is 9.30. The lowest BCUT2D eigenvalue weighted by Gasteiger charge is -1.93. The van der Waals surface area contributed by atoms with Gasteiger partial charge < -0.3 is 0 Å². The minimum atomic E-state index is -0.662. The van der Waals surface area contributed by atoms with E-state index in [1.165, 1.54) is 0 Å². The molecule has 50 valence electrons. The topological polar surface area (TPSA) is 40.9 Å². The van der Waals surface area contributed by atoms with Crippen LogP contribution in [0, 0.1) is 6.92 Å². The summed E-state index contributed by atoms with van der Waals surface area (Å²) in [6.45, 7) is 3.63. The van der Waals surface area contributed by atoms with Crippen molar-refractivity contribution in [2.24, 2.45) is 0 Å². The summed E-state index contributed by atoms with van der Waals surface area (Å²) in [6, 6.07) is 6.69. The van der Waals surface area contributed by atoms with Gasteiger partial charge in [0, 0.05) is 5.56 Å². The zero-order chi connectivity index (χ0) is 7.56. The van der Waals surface area contributed by atoms with Crippen LogP contribution in [0.5, 0.6) is 0 Å². The summed E-state index contributed by atoms with van der Waals surface area (Å²) in [5, 5.41) is 0.